The number of hydrogen-bond donors (Lipinski definition) is 2. The van der Waals surface area contributed by atoms with Gasteiger partial charge in [-0.05, 0) is 30.6 Å². The fourth-order valence-corrected chi connectivity index (χ4v) is 3.56. The van der Waals surface area contributed by atoms with Crippen molar-refractivity contribution in [1.82, 2.24) is 4.72 Å². The molecular weight excluding hydrogens is 300 g/mol. The van der Waals surface area contributed by atoms with Crippen LogP contribution in [0.25, 0.3) is 0 Å². The standard InChI is InChI=1S/C12H14N2O4S2/c1-19-7-6-9(12(15)16)13-11-8-4-2-3-5-10(8)20(17,18)14-11/h2-5,9H,6-7H2,1H3,(H,13,14)(H,15,16)/t9-/m0/s1. The second-order valence-corrected chi connectivity index (χ2v) is 6.85. The maximum atomic E-state index is 11.9. The summed E-state index contributed by atoms with van der Waals surface area (Å²) < 4.78 is 26.1. The third-order valence-electron chi connectivity index (χ3n) is 2.83. The van der Waals surface area contributed by atoms with Gasteiger partial charge in [-0.1, -0.05) is 12.1 Å². The molecule has 0 saturated carbocycles. The van der Waals surface area contributed by atoms with E-state index in [-0.39, 0.29) is 10.7 Å². The van der Waals surface area contributed by atoms with Crippen LogP contribution in [0.15, 0.2) is 34.2 Å². The third-order valence-corrected chi connectivity index (χ3v) is 4.87. The highest BCUT2D eigenvalue weighted by molar-refractivity contribution is 7.98. The van der Waals surface area contributed by atoms with Gasteiger partial charge in [-0.2, -0.15) is 11.8 Å². The Kier molecular flexibility index (Phi) is 4.34. The minimum absolute atomic E-state index is 0.106. The number of rotatable bonds is 5. The molecule has 0 fully saturated rings. The lowest BCUT2D eigenvalue weighted by Gasteiger charge is -2.08. The molecule has 8 heteroatoms. The Hall–Kier alpha value is -1.54. The van der Waals surface area contributed by atoms with Gasteiger partial charge in [-0.3, -0.25) is 9.71 Å². The largest absolute Gasteiger partial charge is 0.480 e. The van der Waals surface area contributed by atoms with Crippen LogP contribution in [0.1, 0.15) is 12.0 Å². The average molecular weight is 314 g/mol. The van der Waals surface area contributed by atoms with E-state index in [1.165, 1.54) is 17.8 Å². The lowest BCUT2D eigenvalue weighted by molar-refractivity contribution is -0.138. The summed E-state index contributed by atoms with van der Waals surface area (Å²) in [4.78, 5) is 15.4. The highest BCUT2D eigenvalue weighted by Gasteiger charge is 2.31. The second kappa shape index (κ2) is 5.84. The zero-order valence-electron chi connectivity index (χ0n) is 10.7. The van der Waals surface area contributed by atoms with Crippen LogP contribution in [0, 0.1) is 0 Å². The molecular formula is C12H14N2O4S2. The van der Waals surface area contributed by atoms with Crippen molar-refractivity contribution in [3.05, 3.63) is 29.8 Å². The van der Waals surface area contributed by atoms with E-state index in [2.05, 4.69) is 9.71 Å². The summed E-state index contributed by atoms with van der Waals surface area (Å²) >= 11 is 1.52. The highest BCUT2D eigenvalue weighted by atomic mass is 32.2. The molecule has 2 rings (SSSR count). The van der Waals surface area contributed by atoms with E-state index in [0.29, 0.717) is 17.7 Å². The monoisotopic (exact) mass is 314 g/mol. The van der Waals surface area contributed by atoms with Crippen molar-refractivity contribution in [1.29, 1.82) is 0 Å². The van der Waals surface area contributed by atoms with Gasteiger partial charge in [0.1, 0.15) is 5.84 Å². The SMILES string of the molecule is CSCC[C@H](N=C1NS(=O)(=O)c2ccccc21)C(=O)O. The predicted molar refractivity (Wildman–Crippen MR) is 77.7 cm³/mol. The fraction of sp³-hybridized carbons (Fsp3) is 0.333. The van der Waals surface area contributed by atoms with Crippen molar-refractivity contribution in [2.75, 3.05) is 12.0 Å². The van der Waals surface area contributed by atoms with E-state index in [1.807, 2.05) is 6.26 Å². The van der Waals surface area contributed by atoms with Crippen LogP contribution in [-0.2, 0) is 14.8 Å². The maximum absolute atomic E-state index is 11.9. The number of aliphatic imine (C=N–C) groups is 1. The van der Waals surface area contributed by atoms with Crippen molar-refractivity contribution in [3.8, 4) is 0 Å². The second-order valence-electron chi connectivity index (χ2n) is 4.21. The molecule has 0 radical (unpaired) electrons. The topological polar surface area (TPSA) is 95.8 Å². The zero-order valence-corrected chi connectivity index (χ0v) is 12.4. The molecule has 0 bridgehead atoms. The molecule has 0 amide bonds. The molecule has 20 heavy (non-hydrogen) atoms. The van der Waals surface area contributed by atoms with Gasteiger partial charge in [-0.15, -0.1) is 0 Å². The Balaban J connectivity index is 2.38. The van der Waals surface area contributed by atoms with Gasteiger partial charge in [-0.25, -0.2) is 13.2 Å². The molecule has 1 heterocycles. The van der Waals surface area contributed by atoms with Crippen LogP contribution < -0.4 is 4.72 Å². The normalized spacial score (nSPS) is 19.4. The van der Waals surface area contributed by atoms with E-state index in [1.54, 1.807) is 18.2 Å². The molecule has 1 aromatic rings. The summed E-state index contributed by atoms with van der Waals surface area (Å²) in [5.41, 5.74) is 0.419. The van der Waals surface area contributed by atoms with E-state index in [0.717, 1.165) is 0 Å². The first-order valence-corrected chi connectivity index (χ1v) is 8.75. The quantitative estimate of drug-likeness (QED) is 0.843. The number of hydrogen-bond acceptors (Lipinski definition) is 5. The minimum Gasteiger partial charge on any atom is -0.480 e. The van der Waals surface area contributed by atoms with Crippen LogP contribution >= 0.6 is 11.8 Å². The summed E-state index contributed by atoms with van der Waals surface area (Å²) in [5, 5.41) is 9.14. The fourth-order valence-electron chi connectivity index (χ4n) is 1.86. The number of thioether (sulfide) groups is 1. The van der Waals surface area contributed by atoms with Gasteiger partial charge in [0, 0.05) is 5.56 Å². The summed E-state index contributed by atoms with van der Waals surface area (Å²) in [6, 6.07) is 5.43. The van der Waals surface area contributed by atoms with Crippen molar-refractivity contribution < 1.29 is 18.3 Å². The lowest BCUT2D eigenvalue weighted by Crippen LogP contribution is -2.27. The first-order valence-electron chi connectivity index (χ1n) is 5.87. The van der Waals surface area contributed by atoms with Crippen LogP contribution in [0.3, 0.4) is 0 Å². The number of nitrogens with one attached hydrogen (secondary N) is 1. The molecule has 1 aliphatic heterocycles. The summed E-state index contributed by atoms with van der Waals surface area (Å²) in [7, 11) is -3.63. The molecule has 1 atom stereocenters. The molecule has 0 unspecified atom stereocenters. The predicted octanol–water partition coefficient (Wildman–Crippen LogP) is 0.931. The molecule has 0 aliphatic carbocycles. The van der Waals surface area contributed by atoms with Crippen LogP contribution in [0.2, 0.25) is 0 Å². The lowest BCUT2D eigenvalue weighted by atomic mass is 10.2. The number of carboxylic acids is 1. The number of fused-ring (bicyclic) bond motifs is 1. The van der Waals surface area contributed by atoms with Gasteiger partial charge in [0.15, 0.2) is 6.04 Å². The van der Waals surface area contributed by atoms with Crippen molar-refractivity contribution in [2.24, 2.45) is 4.99 Å². The number of aliphatic carboxylic acids is 1. The zero-order chi connectivity index (χ0) is 14.8. The van der Waals surface area contributed by atoms with Crippen molar-refractivity contribution >= 4 is 33.6 Å². The Bertz CT molecular complexity index is 655. The Labute approximate surface area is 121 Å². The van der Waals surface area contributed by atoms with Crippen molar-refractivity contribution in [2.45, 2.75) is 17.4 Å². The summed E-state index contributed by atoms with van der Waals surface area (Å²) in [6.45, 7) is 0. The maximum Gasteiger partial charge on any atom is 0.328 e. The average Bonchev–Trinajstić information content (AvgIpc) is 2.66. The number of carbonyl (C=O) groups is 1. The van der Waals surface area contributed by atoms with E-state index < -0.39 is 22.0 Å². The van der Waals surface area contributed by atoms with Crippen LogP contribution in [-0.4, -0.2) is 43.4 Å². The summed E-state index contributed by atoms with van der Waals surface area (Å²) in [5.74, 6) is -0.313. The summed E-state index contributed by atoms with van der Waals surface area (Å²) in [6.07, 6.45) is 2.23. The van der Waals surface area contributed by atoms with Gasteiger partial charge >= 0.3 is 5.97 Å². The Morgan fingerprint density at radius 2 is 2.15 bits per heavy atom. The van der Waals surface area contributed by atoms with Crippen LogP contribution in [0.4, 0.5) is 0 Å². The molecule has 0 saturated heterocycles. The number of nitrogens with zero attached hydrogens (tertiary/aromatic N) is 1. The highest BCUT2D eigenvalue weighted by Crippen LogP contribution is 2.23. The Morgan fingerprint density at radius 3 is 2.80 bits per heavy atom. The van der Waals surface area contributed by atoms with E-state index in [9.17, 15) is 13.2 Å². The van der Waals surface area contributed by atoms with Crippen molar-refractivity contribution in [3.63, 3.8) is 0 Å². The minimum atomic E-state index is -3.63. The molecule has 0 aromatic heterocycles. The number of benzene rings is 1. The Morgan fingerprint density at radius 1 is 1.45 bits per heavy atom. The molecule has 0 spiro atoms. The van der Waals surface area contributed by atoms with Gasteiger partial charge in [0.05, 0.1) is 4.90 Å². The van der Waals surface area contributed by atoms with Gasteiger partial charge in [0.25, 0.3) is 10.0 Å². The van der Waals surface area contributed by atoms with Gasteiger partial charge in [0.2, 0.25) is 0 Å². The first-order chi connectivity index (χ1) is 9.45. The molecule has 108 valence electrons. The first kappa shape index (κ1) is 14.9. The molecule has 6 nitrogen and oxygen atoms in total. The van der Waals surface area contributed by atoms with E-state index >= 15 is 0 Å². The van der Waals surface area contributed by atoms with E-state index in [4.69, 9.17) is 5.11 Å². The van der Waals surface area contributed by atoms with Crippen LogP contribution in [0.5, 0.6) is 0 Å². The molecule has 1 aromatic carbocycles. The molecule has 1 aliphatic rings. The smallest absolute Gasteiger partial charge is 0.328 e. The number of amidine groups is 1. The number of sulfonamides is 1. The third kappa shape index (κ3) is 2.96. The number of carboxylic acid groups (broad SMARTS) is 1. The molecule has 2 N–H and O–H groups in total. The van der Waals surface area contributed by atoms with Gasteiger partial charge < -0.3 is 5.11 Å².